The first-order valence-electron chi connectivity index (χ1n) is 4.92. The Morgan fingerprint density at radius 2 is 2.27 bits per heavy atom. The fourth-order valence-corrected chi connectivity index (χ4v) is 2.37. The van der Waals surface area contributed by atoms with Gasteiger partial charge in [0.15, 0.2) is 0 Å². The van der Waals surface area contributed by atoms with E-state index in [1.54, 1.807) is 11.3 Å². The number of hydrogen-bond donors (Lipinski definition) is 2. The molecule has 0 spiro atoms. The van der Waals surface area contributed by atoms with Gasteiger partial charge in [-0.3, -0.25) is 0 Å². The summed E-state index contributed by atoms with van der Waals surface area (Å²) in [7, 11) is 4.04. The number of hydrogen-bond acceptors (Lipinski definition) is 5. The Balaban J connectivity index is 2.83. The van der Waals surface area contributed by atoms with Gasteiger partial charge in [0.05, 0.1) is 12.0 Å². The normalized spacial score (nSPS) is 15.6. The summed E-state index contributed by atoms with van der Waals surface area (Å²) in [6.07, 6.45) is 1.86. The van der Waals surface area contributed by atoms with E-state index >= 15 is 0 Å². The molecule has 1 heterocycles. The van der Waals surface area contributed by atoms with Crippen LogP contribution >= 0.6 is 11.3 Å². The van der Waals surface area contributed by atoms with Crippen molar-refractivity contribution < 1.29 is 5.11 Å². The predicted molar refractivity (Wildman–Crippen MR) is 63.0 cm³/mol. The molecule has 4 nitrogen and oxygen atoms in total. The van der Waals surface area contributed by atoms with Gasteiger partial charge in [0.2, 0.25) is 0 Å². The first-order chi connectivity index (χ1) is 7.01. The van der Waals surface area contributed by atoms with Crippen LogP contribution in [-0.2, 0) is 12.0 Å². The van der Waals surface area contributed by atoms with Gasteiger partial charge in [0, 0.05) is 24.2 Å². The zero-order valence-corrected chi connectivity index (χ0v) is 10.3. The molecule has 0 saturated heterocycles. The molecule has 0 aromatic carbocycles. The maximum atomic E-state index is 9.31. The van der Waals surface area contributed by atoms with E-state index in [9.17, 15) is 5.11 Å². The number of aliphatic hydroxyl groups is 1. The van der Waals surface area contributed by atoms with Gasteiger partial charge in [-0.25, -0.2) is 4.98 Å². The SMILES string of the molecule is CN(C)Cc1cnc(C(C)(CN)CO)s1. The van der Waals surface area contributed by atoms with Crippen molar-refractivity contribution >= 4 is 11.3 Å². The number of thiazole rings is 1. The van der Waals surface area contributed by atoms with E-state index in [2.05, 4.69) is 9.88 Å². The van der Waals surface area contributed by atoms with Crippen LogP contribution in [0.2, 0.25) is 0 Å². The minimum atomic E-state index is -0.394. The third kappa shape index (κ3) is 2.98. The van der Waals surface area contributed by atoms with Gasteiger partial charge in [-0.1, -0.05) is 0 Å². The average molecular weight is 229 g/mol. The molecule has 1 aromatic heterocycles. The molecule has 1 rings (SSSR count). The monoisotopic (exact) mass is 229 g/mol. The Hall–Kier alpha value is -0.490. The van der Waals surface area contributed by atoms with Crippen molar-refractivity contribution in [3.05, 3.63) is 16.1 Å². The number of nitrogens with two attached hydrogens (primary N) is 1. The maximum Gasteiger partial charge on any atom is 0.102 e. The molecular weight excluding hydrogens is 210 g/mol. The summed E-state index contributed by atoms with van der Waals surface area (Å²) in [6, 6.07) is 0. The van der Waals surface area contributed by atoms with Crippen LogP contribution in [0, 0.1) is 0 Å². The molecule has 0 aliphatic carbocycles. The van der Waals surface area contributed by atoms with E-state index in [4.69, 9.17) is 5.73 Å². The van der Waals surface area contributed by atoms with Crippen molar-refractivity contribution in [1.29, 1.82) is 0 Å². The standard InChI is InChI=1S/C10H19N3OS/c1-10(6-11,7-14)9-12-4-8(15-9)5-13(2)3/h4,14H,5-7,11H2,1-3H3. The zero-order chi connectivity index (χ0) is 11.5. The molecule has 0 fully saturated rings. The lowest BCUT2D eigenvalue weighted by atomic mass is 9.93. The van der Waals surface area contributed by atoms with Gasteiger partial charge >= 0.3 is 0 Å². The average Bonchev–Trinajstić information content (AvgIpc) is 2.64. The van der Waals surface area contributed by atoms with E-state index < -0.39 is 5.41 Å². The summed E-state index contributed by atoms with van der Waals surface area (Å²) in [6.45, 7) is 3.27. The number of rotatable bonds is 5. The maximum absolute atomic E-state index is 9.31. The summed E-state index contributed by atoms with van der Waals surface area (Å²) in [5.41, 5.74) is 5.26. The van der Waals surface area contributed by atoms with Crippen molar-refractivity contribution in [2.24, 2.45) is 5.73 Å². The lowest BCUT2D eigenvalue weighted by molar-refractivity contribution is 0.210. The number of aromatic nitrogens is 1. The second-order valence-electron chi connectivity index (χ2n) is 4.29. The molecule has 0 aliphatic rings. The molecule has 0 saturated carbocycles. The van der Waals surface area contributed by atoms with Crippen molar-refractivity contribution in [3.8, 4) is 0 Å². The number of aliphatic hydroxyl groups excluding tert-OH is 1. The van der Waals surface area contributed by atoms with Crippen molar-refractivity contribution in [2.45, 2.75) is 18.9 Å². The van der Waals surface area contributed by atoms with Crippen molar-refractivity contribution in [1.82, 2.24) is 9.88 Å². The Morgan fingerprint density at radius 3 is 2.73 bits per heavy atom. The van der Waals surface area contributed by atoms with Gasteiger partial charge in [0.25, 0.3) is 0 Å². The fourth-order valence-electron chi connectivity index (χ4n) is 1.19. The second kappa shape index (κ2) is 5.03. The van der Waals surface area contributed by atoms with Crippen LogP contribution in [0.15, 0.2) is 6.20 Å². The molecule has 0 radical (unpaired) electrons. The minimum Gasteiger partial charge on any atom is -0.395 e. The van der Waals surface area contributed by atoms with Gasteiger partial charge in [0.1, 0.15) is 5.01 Å². The summed E-state index contributed by atoms with van der Waals surface area (Å²) >= 11 is 1.62. The molecule has 0 amide bonds. The van der Waals surface area contributed by atoms with Crippen molar-refractivity contribution in [2.75, 3.05) is 27.2 Å². The quantitative estimate of drug-likeness (QED) is 0.768. The van der Waals surface area contributed by atoms with Gasteiger partial charge < -0.3 is 15.7 Å². The molecule has 1 atom stereocenters. The second-order valence-corrected chi connectivity index (χ2v) is 5.41. The molecular formula is C10H19N3OS. The minimum absolute atomic E-state index is 0.0401. The Morgan fingerprint density at radius 1 is 1.60 bits per heavy atom. The highest BCUT2D eigenvalue weighted by Crippen LogP contribution is 2.27. The van der Waals surface area contributed by atoms with Gasteiger partial charge in [-0.15, -0.1) is 11.3 Å². The smallest absolute Gasteiger partial charge is 0.102 e. The van der Waals surface area contributed by atoms with Crippen LogP contribution in [0.5, 0.6) is 0 Å². The Labute approximate surface area is 94.7 Å². The van der Waals surface area contributed by atoms with Crippen LogP contribution < -0.4 is 5.73 Å². The van der Waals surface area contributed by atoms with E-state index in [0.717, 1.165) is 11.6 Å². The van der Waals surface area contributed by atoms with Gasteiger partial charge in [-0.05, 0) is 21.0 Å². The lowest BCUT2D eigenvalue weighted by Crippen LogP contribution is -2.35. The van der Waals surface area contributed by atoms with Crippen LogP contribution in [0.25, 0.3) is 0 Å². The highest BCUT2D eigenvalue weighted by Gasteiger charge is 2.27. The third-order valence-electron chi connectivity index (χ3n) is 2.34. The fraction of sp³-hybridized carbons (Fsp3) is 0.700. The molecule has 86 valence electrons. The highest BCUT2D eigenvalue weighted by atomic mass is 32.1. The molecule has 1 unspecified atom stereocenters. The lowest BCUT2D eigenvalue weighted by Gasteiger charge is -2.22. The molecule has 0 bridgehead atoms. The summed E-state index contributed by atoms with van der Waals surface area (Å²) in [4.78, 5) is 7.63. The number of nitrogens with zero attached hydrogens (tertiary/aromatic N) is 2. The zero-order valence-electron chi connectivity index (χ0n) is 9.53. The Kier molecular flexibility index (Phi) is 4.21. The van der Waals surface area contributed by atoms with Crippen LogP contribution in [0.4, 0.5) is 0 Å². The van der Waals surface area contributed by atoms with E-state index in [0.29, 0.717) is 6.54 Å². The van der Waals surface area contributed by atoms with E-state index in [-0.39, 0.29) is 6.61 Å². The molecule has 5 heteroatoms. The molecule has 1 aromatic rings. The third-order valence-corrected chi connectivity index (χ3v) is 3.63. The largest absolute Gasteiger partial charge is 0.395 e. The van der Waals surface area contributed by atoms with E-state index in [1.807, 2.05) is 27.2 Å². The molecule has 15 heavy (non-hydrogen) atoms. The summed E-state index contributed by atoms with van der Waals surface area (Å²) in [5, 5.41) is 10.2. The topological polar surface area (TPSA) is 62.4 Å². The van der Waals surface area contributed by atoms with Gasteiger partial charge in [-0.2, -0.15) is 0 Å². The van der Waals surface area contributed by atoms with Crippen LogP contribution in [0.3, 0.4) is 0 Å². The van der Waals surface area contributed by atoms with Crippen LogP contribution in [0.1, 0.15) is 16.8 Å². The first-order valence-corrected chi connectivity index (χ1v) is 5.74. The summed E-state index contributed by atoms with van der Waals surface area (Å²) < 4.78 is 0. The first kappa shape index (κ1) is 12.6. The molecule has 0 aliphatic heterocycles. The van der Waals surface area contributed by atoms with E-state index in [1.165, 1.54) is 4.88 Å². The summed E-state index contributed by atoms with van der Waals surface area (Å²) in [5.74, 6) is 0. The Bertz CT molecular complexity index is 307. The van der Waals surface area contributed by atoms with Crippen LogP contribution in [-0.4, -0.2) is 42.2 Å². The predicted octanol–water partition coefficient (Wildman–Crippen LogP) is 0.413. The van der Waals surface area contributed by atoms with Crippen molar-refractivity contribution in [3.63, 3.8) is 0 Å². The molecule has 3 N–H and O–H groups in total. The highest BCUT2D eigenvalue weighted by molar-refractivity contribution is 7.11.